The minimum atomic E-state index is -0.557. The normalized spacial score (nSPS) is 22.2. The minimum absolute atomic E-state index is 0.557. The van der Waals surface area contributed by atoms with E-state index in [1.54, 1.807) is 0 Å². The van der Waals surface area contributed by atoms with E-state index in [0.29, 0.717) is 0 Å². The van der Waals surface area contributed by atoms with E-state index >= 15 is 0 Å². The number of aryl methyl sites for hydroxylation is 3. The molecule has 1 unspecified atom stereocenters. The molecule has 0 radical (unpaired) electrons. The van der Waals surface area contributed by atoms with Crippen LogP contribution in [-0.2, 0) is 26.3 Å². The van der Waals surface area contributed by atoms with Crippen molar-refractivity contribution in [2.24, 2.45) is 7.05 Å². The number of aliphatic hydroxyl groups is 1. The van der Waals surface area contributed by atoms with Gasteiger partial charge in [-0.25, -0.2) is 0 Å². The van der Waals surface area contributed by atoms with Crippen LogP contribution in [0.15, 0.2) is 36.5 Å². The molecule has 2 aromatic rings. The van der Waals surface area contributed by atoms with E-state index in [1.165, 1.54) is 16.8 Å². The van der Waals surface area contributed by atoms with Gasteiger partial charge in [0.25, 0.3) is 0 Å². The van der Waals surface area contributed by atoms with Crippen LogP contribution in [0.2, 0.25) is 0 Å². The highest BCUT2D eigenvalue weighted by atomic mass is 16.3. The molecule has 3 nitrogen and oxygen atoms in total. The fraction of sp³-hybridized carbons (Fsp3) is 0.438. The first-order valence-electron chi connectivity index (χ1n) is 6.92. The molecule has 0 bridgehead atoms. The SMILES string of the molecule is Cn1nccc1CCC1(O)CCc2ccccc2C1. The molecule has 100 valence electrons. The maximum atomic E-state index is 10.8. The van der Waals surface area contributed by atoms with E-state index in [9.17, 15) is 5.11 Å². The highest BCUT2D eigenvalue weighted by molar-refractivity contribution is 5.31. The van der Waals surface area contributed by atoms with Crippen LogP contribution in [-0.4, -0.2) is 20.5 Å². The topological polar surface area (TPSA) is 38.0 Å². The van der Waals surface area contributed by atoms with Crippen LogP contribution in [0.3, 0.4) is 0 Å². The Hall–Kier alpha value is -1.61. The molecule has 0 amide bonds. The minimum Gasteiger partial charge on any atom is -0.390 e. The number of hydrogen-bond donors (Lipinski definition) is 1. The van der Waals surface area contributed by atoms with Crippen molar-refractivity contribution in [1.82, 2.24) is 9.78 Å². The number of hydrogen-bond acceptors (Lipinski definition) is 2. The van der Waals surface area contributed by atoms with Crippen molar-refractivity contribution in [3.63, 3.8) is 0 Å². The summed E-state index contributed by atoms with van der Waals surface area (Å²) < 4.78 is 1.89. The van der Waals surface area contributed by atoms with E-state index < -0.39 is 5.60 Å². The highest BCUT2D eigenvalue weighted by Crippen LogP contribution is 2.31. The van der Waals surface area contributed by atoms with Crippen molar-refractivity contribution < 1.29 is 5.11 Å². The molecule has 0 aliphatic heterocycles. The zero-order valence-corrected chi connectivity index (χ0v) is 11.3. The predicted octanol–water partition coefficient (Wildman–Crippen LogP) is 2.27. The summed E-state index contributed by atoms with van der Waals surface area (Å²) in [5.41, 5.74) is 3.33. The van der Waals surface area contributed by atoms with Gasteiger partial charge in [-0.3, -0.25) is 4.68 Å². The summed E-state index contributed by atoms with van der Waals surface area (Å²) in [6.07, 6.45) is 6.13. The van der Waals surface area contributed by atoms with Gasteiger partial charge in [-0.05, 0) is 42.9 Å². The van der Waals surface area contributed by atoms with Crippen molar-refractivity contribution in [3.8, 4) is 0 Å². The molecule has 0 saturated heterocycles. The van der Waals surface area contributed by atoms with E-state index in [2.05, 4.69) is 29.4 Å². The average Bonchev–Trinajstić information content (AvgIpc) is 2.82. The van der Waals surface area contributed by atoms with Crippen molar-refractivity contribution in [1.29, 1.82) is 0 Å². The third-order valence-electron chi connectivity index (χ3n) is 4.27. The second kappa shape index (κ2) is 4.82. The van der Waals surface area contributed by atoms with Crippen molar-refractivity contribution >= 4 is 0 Å². The summed E-state index contributed by atoms with van der Waals surface area (Å²) >= 11 is 0. The molecule has 0 fully saturated rings. The summed E-state index contributed by atoms with van der Waals surface area (Å²) in [6, 6.07) is 10.5. The molecular formula is C16H20N2O. The number of fused-ring (bicyclic) bond motifs is 1. The van der Waals surface area contributed by atoms with Gasteiger partial charge in [0, 0.05) is 25.4 Å². The summed E-state index contributed by atoms with van der Waals surface area (Å²) in [7, 11) is 1.95. The Bertz CT molecular complexity index is 576. The second-order valence-corrected chi connectivity index (χ2v) is 5.62. The highest BCUT2D eigenvalue weighted by Gasteiger charge is 2.31. The van der Waals surface area contributed by atoms with Crippen molar-refractivity contribution in [2.45, 2.75) is 37.7 Å². The van der Waals surface area contributed by atoms with Gasteiger partial charge in [-0.1, -0.05) is 24.3 Å². The van der Waals surface area contributed by atoms with Gasteiger partial charge in [0.1, 0.15) is 0 Å². The Morgan fingerprint density at radius 1 is 1.26 bits per heavy atom. The molecule has 19 heavy (non-hydrogen) atoms. The summed E-state index contributed by atoms with van der Waals surface area (Å²) in [6.45, 7) is 0. The van der Waals surface area contributed by atoms with E-state index in [1.807, 2.05) is 24.0 Å². The summed E-state index contributed by atoms with van der Waals surface area (Å²) in [5, 5.41) is 15.0. The lowest BCUT2D eigenvalue weighted by molar-refractivity contribution is 0.0178. The number of nitrogens with zero attached hydrogens (tertiary/aromatic N) is 2. The van der Waals surface area contributed by atoms with Gasteiger partial charge in [-0.2, -0.15) is 5.10 Å². The summed E-state index contributed by atoms with van der Waals surface area (Å²) in [4.78, 5) is 0. The molecule has 3 heteroatoms. The predicted molar refractivity (Wildman–Crippen MR) is 74.9 cm³/mol. The maximum Gasteiger partial charge on any atom is 0.0695 e. The fourth-order valence-corrected chi connectivity index (χ4v) is 3.00. The summed E-state index contributed by atoms with van der Waals surface area (Å²) in [5.74, 6) is 0. The lowest BCUT2D eigenvalue weighted by Gasteiger charge is -2.33. The van der Waals surface area contributed by atoms with E-state index in [-0.39, 0.29) is 0 Å². The smallest absolute Gasteiger partial charge is 0.0695 e. The van der Waals surface area contributed by atoms with Crippen LogP contribution >= 0.6 is 0 Å². The molecule has 0 spiro atoms. The van der Waals surface area contributed by atoms with Crippen molar-refractivity contribution in [2.75, 3.05) is 0 Å². The third-order valence-corrected chi connectivity index (χ3v) is 4.27. The number of aromatic nitrogens is 2. The Morgan fingerprint density at radius 2 is 2.05 bits per heavy atom. The molecule has 1 aliphatic rings. The number of benzene rings is 1. The van der Waals surface area contributed by atoms with E-state index in [0.717, 1.165) is 32.1 Å². The standard InChI is InChI=1S/C16H20N2O/c1-18-15(8-11-17-18)7-10-16(19)9-6-13-4-2-3-5-14(13)12-16/h2-5,8,11,19H,6-7,9-10,12H2,1H3. The van der Waals surface area contributed by atoms with Crippen LogP contribution in [0.1, 0.15) is 29.7 Å². The Morgan fingerprint density at radius 3 is 2.79 bits per heavy atom. The van der Waals surface area contributed by atoms with Crippen LogP contribution in [0, 0.1) is 0 Å². The first-order chi connectivity index (χ1) is 9.16. The largest absolute Gasteiger partial charge is 0.390 e. The Kier molecular flexibility index (Phi) is 3.15. The average molecular weight is 256 g/mol. The van der Waals surface area contributed by atoms with Crippen LogP contribution in [0.25, 0.3) is 0 Å². The molecule has 1 aliphatic carbocycles. The lowest BCUT2D eigenvalue weighted by Crippen LogP contribution is -2.36. The van der Waals surface area contributed by atoms with Crippen LogP contribution < -0.4 is 0 Å². The van der Waals surface area contributed by atoms with E-state index in [4.69, 9.17) is 0 Å². The van der Waals surface area contributed by atoms with Gasteiger partial charge in [-0.15, -0.1) is 0 Å². The third kappa shape index (κ3) is 2.56. The molecule has 3 rings (SSSR count). The quantitative estimate of drug-likeness (QED) is 0.915. The maximum absolute atomic E-state index is 10.8. The van der Waals surface area contributed by atoms with Gasteiger partial charge >= 0.3 is 0 Å². The van der Waals surface area contributed by atoms with Gasteiger partial charge in [0.2, 0.25) is 0 Å². The van der Waals surface area contributed by atoms with Gasteiger partial charge < -0.3 is 5.11 Å². The molecule has 1 atom stereocenters. The monoisotopic (exact) mass is 256 g/mol. The molecular weight excluding hydrogens is 236 g/mol. The Balaban J connectivity index is 1.70. The molecule has 1 aromatic heterocycles. The van der Waals surface area contributed by atoms with Crippen LogP contribution in [0.5, 0.6) is 0 Å². The second-order valence-electron chi connectivity index (χ2n) is 5.62. The van der Waals surface area contributed by atoms with Crippen molar-refractivity contribution in [3.05, 3.63) is 53.3 Å². The molecule has 1 aromatic carbocycles. The Labute approximate surface area is 113 Å². The molecule has 1 heterocycles. The number of rotatable bonds is 3. The fourth-order valence-electron chi connectivity index (χ4n) is 3.00. The van der Waals surface area contributed by atoms with Gasteiger partial charge in [0.15, 0.2) is 0 Å². The zero-order valence-electron chi connectivity index (χ0n) is 11.3. The molecule has 1 N–H and O–H groups in total. The molecule has 0 saturated carbocycles. The van der Waals surface area contributed by atoms with Gasteiger partial charge in [0.05, 0.1) is 5.60 Å². The first-order valence-corrected chi connectivity index (χ1v) is 6.92. The van der Waals surface area contributed by atoms with Crippen LogP contribution in [0.4, 0.5) is 0 Å². The first kappa shape index (κ1) is 12.4. The lowest BCUT2D eigenvalue weighted by atomic mass is 9.78. The zero-order chi connectivity index (χ0) is 13.3.